The number of nitrogen functional groups attached to an aromatic ring is 1. The third-order valence-electron chi connectivity index (χ3n) is 3.39. The maximum atomic E-state index is 9.27. The Morgan fingerprint density at radius 1 is 1.44 bits per heavy atom. The Kier molecular flexibility index (Phi) is 3.06. The largest absolute Gasteiger partial charge is 0.397 e. The van der Waals surface area contributed by atoms with Crippen LogP contribution in [0, 0.1) is 12.8 Å². The van der Waals surface area contributed by atoms with Gasteiger partial charge in [0.15, 0.2) is 0 Å². The number of anilines is 2. The molecular weight excluding hydrogens is 200 g/mol. The predicted octanol–water partition coefficient (Wildman–Crippen LogP) is 1.78. The highest BCUT2D eigenvalue weighted by Crippen LogP contribution is 2.32. The summed E-state index contributed by atoms with van der Waals surface area (Å²) < 4.78 is 0. The van der Waals surface area contributed by atoms with Gasteiger partial charge in [-0.15, -0.1) is 0 Å². The maximum absolute atomic E-state index is 9.27. The molecule has 3 N–H and O–H groups in total. The lowest BCUT2D eigenvalue weighted by atomic mass is 9.82. The number of para-hydroxylation sites is 1. The third kappa shape index (κ3) is 2.14. The lowest BCUT2D eigenvalue weighted by Gasteiger charge is -2.36. The first-order chi connectivity index (χ1) is 7.58. The summed E-state index contributed by atoms with van der Waals surface area (Å²) in [5.74, 6) is 0.610. The highest BCUT2D eigenvalue weighted by molar-refractivity contribution is 5.71. The van der Waals surface area contributed by atoms with Crippen molar-refractivity contribution >= 4 is 11.4 Å². The molecule has 1 aliphatic rings. The molecule has 16 heavy (non-hydrogen) atoms. The molecule has 0 heterocycles. The van der Waals surface area contributed by atoms with Crippen molar-refractivity contribution < 1.29 is 5.11 Å². The lowest BCUT2D eigenvalue weighted by molar-refractivity contribution is 0.0465. The van der Waals surface area contributed by atoms with Gasteiger partial charge in [0.2, 0.25) is 0 Å². The highest BCUT2D eigenvalue weighted by Gasteiger charge is 2.28. The van der Waals surface area contributed by atoms with Crippen molar-refractivity contribution in [3.05, 3.63) is 23.8 Å². The van der Waals surface area contributed by atoms with Crippen LogP contribution in [0.15, 0.2) is 18.2 Å². The number of aryl methyl sites for hydroxylation is 1. The van der Waals surface area contributed by atoms with E-state index in [0.29, 0.717) is 5.92 Å². The van der Waals surface area contributed by atoms with Gasteiger partial charge in [0.05, 0.1) is 17.5 Å². The number of hydrogen-bond acceptors (Lipinski definition) is 3. The van der Waals surface area contributed by atoms with Crippen molar-refractivity contribution in [1.29, 1.82) is 0 Å². The van der Waals surface area contributed by atoms with Gasteiger partial charge in [0, 0.05) is 13.6 Å². The number of rotatable bonds is 3. The fourth-order valence-electron chi connectivity index (χ4n) is 2.53. The van der Waals surface area contributed by atoms with Gasteiger partial charge in [-0.1, -0.05) is 12.1 Å². The Balaban J connectivity index is 2.05. The monoisotopic (exact) mass is 220 g/mol. The van der Waals surface area contributed by atoms with E-state index in [0.717, 1.165) is 30.8 Å². The van der Waals surface area contributed by atoms with Crippen LogP contribution in [-0.4, -0.2) is 24.8 Å². The van der Waals surface area contributed by atoms with Crippen molar-refractivity contribution in [2.75, 3.05) is 24.2 Å². The van der Waals surface area contributed by atoms with Crippen LogP contribution in [0.3, 0.4) is 0 Å². The number of aliphatic hydroxyl groups is 1. The predicted molar refractivity (Wildman–Crippen MR) is 67.6 cm³/mol. The van der Waals surface area contributed by atoms with Crippen molar-refractivity contribution in [3.63, 3.8) is 0 Å². The Hall–Kier alpha value is -1.22. The third-order valence-corrected chi connectivity index (χ3v) is 3.39. The summed E-state index contributed by atoms with van der Waals surface area (Å²) in [6.45, 7) is 3.06. The Labute approximate surface area is 96.9 Å². The zero-order valence-electron chi connectivity index (χ0n) is 9.98. The Bertz CT molecular complexity index is 352. The van der Waals surface area contributed by atoms with Gasteiger partial charge in [0.1, 0.15) is 0 Å². The van der Waals surface area contributed by atoms with Gasteiger partial charge in [-0.3, -0.25) is 0 Å². The highest BCUT2D eigenvalue weighted by atomic mass is 16.3. The first-order valence-corrected chi connectivity index (χ1v) is 5.82. The number of hydrogen-bond donors (Lipinski definition) is 2. The van der Waals surface area contributed by atoms with Gasteiger partial charge in [-0.25, -0.2) is 0 Å². The summed E-state index contributed by atoms with van der Waals surface area (Å²) in [7, 11) is 2.07. The number of nitrogens with zero attached hydrogens (tertiary/aromatic N) is 1. The number of benzene rings is 1. The molecule has 1 aromatic carbocycles. The molecule has 0 saturated heterocycles. The average Bonchev–Trinajstić information content (AvgIpc) is 2.15. The summed E-state index contributed by atoms with van der Waals surface area (Å²) in [5.41, 5.74) is 9.17. The summed E-state index contributed by atoms with van der Waals surface area (Å²) in [6, 6.07) is 6.00. The average molecular weight is 220 g/mol. The molecule has 0 unspecified atom stereocenters. The van der Waals surface area contributed by atoms with E-state index in [1.54, 1.807) is 0 Å². The van der Waals surface area contributed by atoms with E-state index in [4.69, 9.17) is 5.73 Å². The van der Waals surface area contributed by atoms with Crippen molar-refractivity contribution in [1.82, 2.24) is 0 Å². The molecule has 3 nitrogen and oxygen atoms in total. The van der Waals surface area contributed by atoms with Gasteiger partial charge < -0.3 is 15.7 Å². The molecule has 88 valence electrons. The topological polar surface area (TPSA) is 49.5 Å². The molecule has 0 bridgehead atoms. The fourth-order valence-corrected chi connectivity index (χ4v) is 2.53. The van der Waals surface area contributed by atoms with Crippen molar-refractivity contribution in [2.24, 2.45) is 5.92 Å². The van der Waals surface area contributed by atoms with E-state index < -0.39 is 0 Å². The molecule has 0 spiro atoms. The van der Waals surface area contributed by atoms with E-state index in [9.17, 15) is 5.11 Å². The second kappa shape index (κ2) is 4.34. The summed E-state index contributed by atoms with van der Waals surface area (Å²) in [5, 5.41) is 9.27. The molecule has 0 atom stereocenters. The molecule has 1 aromatic rings. The van der Waals surface area contributed by atoms with E-state index in [-0.39, 0.29) is 6.10 Å². The molecule has 0 aliphatic heterocycles. The second-order valence-corrected chi connectivity index (χ2v) is 4.88. The summed E-state index contributed by atoms with van der Waals surface area (Å²) in [6.07, 6.45) is 1.78. The molecule has 1 fully saturated rings. The van der Waals surface area contributed by atoms with Gasteiger partial charge in [-0.05, 0) is 37.3 Å². The Morgan fingerprint density at radius 2 is 2.12 bits per heavy atom. The number of aliphatic hydroxyl groups excluding tert-OH is 1. The van der Waals surface area contributed by atoms with Crippen molar-refractivity contribution in [2.45, 2.75) is 25.9 Å². The lowest BCUT2D eigenvalue weighted by Crippen LogP contribution is -2.37. The summed E-state index contributed by atoms with van der Waals surface area (Å²) >= 11 is 0. The van der Waals surface area contributed by atoms with Crippen LogP contribution in [-0.2, 0) is 0 Å². The fraction of sp³-hybridized carbons (Fsp3) is 0.538. The van der Waals surface area contributed by atoms with E-state index in [1.165, 1.54) is 5.56 Å². The molecule has 0 radical (unpaired) electrons. The Morgan fingerprint density at radius 3 is 2.69 bits per heavy atom. The SMILES string of the molecule is Cc1cccc(N)c1N(C)CC1CC(O)C1. The van der Waals surface area contributed by atoms with Crippen LogP contribution < -0.4 is 10.6 Å². The zero-order chi connectivity index (χ0) is 11.7. The van der Waals surface area contributed by atoms with Crippen LogP contribution in [0.5, 0.6) is 0 Å². The molecule has 0 aromatic heterocycles. The van der Waals surface area contributed by atoms with E-state index >= 15 is 0 Å². The summed E-state index contributed by atoms with van der Waals surface area (Å²) in [4.78, 5) is 2.21. The van der Waals surface area contributed by atoms with Gasteiger partial charge in [0.25, 0.3) is 0 Å². The normalized spacial score (nSPS) is 23.9. The smallest absolute Gasteiger partial charge is 0.0627 e. The van der Waals surface area contributed by atoms with Gasteiger partial charge >= 0.3 is 0 Å². The minimum absolute atomic E-state index is 0.0763. The molecular formula is C13H20N2O. The van der Waals surface area contributed by atoms with E-state index in [1.807, 2.05) is 12.1 Å². The quantitative estimate of drug-likeness (QED) is 0.763. The van der Waals surface area contributed by atoms with Crippen LogP contribution in [0.4, 0.5) is 11.4 Å². The maximum Gasteiger partial charge on any atom is 0.0627 e. The number of nitrogens with two attached hydrogens (primary N) is 1. The standard InChI is InChI=1S/C13H20N2O/c1-9-4-3-5-12(14)13(9)15(2)8-10-6-11(16)7-10/h3-5,10-11,16H,6-8,14H2,1-2H3. The van der Waals surface area contributed by atoms with E-state index in [2.05, 4.69) is 24.9 Å². The molecule has 1 saturated carbocycles. The first-order valence-electron chi connectivity index (χ1n) is 5.82. The van der Waals surface area contributed by atoms with Crippen LogP contribution >= 0.6 is 0 Å². The second-order valence-electron chi connectivity index (χ2n) is 4.88. The van der Waals surface area contributed by atoms with Crippen LogP contribution in [0.2, 0.25) is 0 Å². The van der Waals surface area contributed by atoms with Gasteiger partial charge in [-0.2, -0.15) is 0 Å². The molecule has 2 rings (SSSR count). The first kappa shape index (κ1) is 11.3. The van der Waals surface area contributed by atoms with Crippen LogP contribution in [0.1, 0.15) is 18.4 Å². The zero-order valence-corrected chi connectivity index (χ0v) is 9.98. The molecule has 3 heteroatoms. The minimum Gasteiger partial charge on any atom is -0.397 e. The van der Waals surface area contributed by atoms with Crippen molar-refractivity contribution in [3.8, 4) is 0 Å². The van der Waals surface area contributed by atoms with Crippen LogP contribution in [0.25, 0.3) is 0 Å². The molecule has 0 amide bonds. The molecule has 1 aliphatic carbocycles. The minimum atomic E-state index is -0.0763.